The molecule has 2 aromatic carbocycles. The molecule has 0 saturated heterocycles. The lowest BCUT2D eigenvalue weighted by Crippen LogP contribution is -2.43. The van der Waals surface area contributed by atoms with Crippen LogP contribution in [0.1, 0.15) is 10.4 Å². The van der Waals surface area contributed by atoms with E-state index >= 15 is 0 Å². The number of carbonyl (C=O) groups is 2. The third-order valence-electron chi connectivity index (χ3n) is 3.31. The number of hydrogen-bond donors (Lipinski definition) is 2. The van der Waals surface area contributed by atoms with E-state index in [4.69, 9.17) is 25.8 Å². The lowest BCUT2D eigenvalue weighted by molar-refractivity contribution is -0.123. The Balaban J connectivity index is 1.82. The maximum atomic E-state index is 12.2. The number of carbonyl (C=O) groups excluding carboxylic acids is 2. The summed E-state index contributed by atoms with van der Waals surface area (Å²) in [5.41, 5.74) is 4.93. The number of nitrogens with one attached hydrogen (secondary N) is 2. The summed E-state index contributed by atoms with van der Waals surface area (Å²) in [5, 5.41) is 0.365. The van der Waals surface area contributed by atoms with E-state index in [0.29, 0.717) is 39.8 Å². The molecule has 0 spiro atoms. The quantitative estimate of drug-likeness (QED) is 0.397. The Labute approximate surface area is 183 Å². The minimum absolute atomic E-state index is 0.308. The molecule has 7 nitrogen and oxygen atoms in total. The summed E-state index contributed by atoms with van der Waals surface area (Å²) < 4.78 is 17.1. The van der Waals surface area contributed by atoms with Crippen LogP contribution in [-0.2, 0) is 9.53 Å². The zero-order valence-electron chi connectivity index (χ0n) is 14.8. The molecule has 2 amide bonds. The molecule has 2 N–H and O–H groups in total. The molecule has 0 bridgehead atoms. The van der Waals surface area contributed by atoms with Crippen molar-refractivity contribution in [3.8, 4) is 11.5 Å². The first-order valence-corrected chi connectivity index (χ1v) is 9.95. The molecule has 0 aliphatic heterocycles. The fourth-order valence-electron chi connectivity index (χ4n) is 1.96. The van der Waals surface area contributed by atoms with E-state index in [9.17, 15) is 9.59 Å². The second-order valence-electron chi connectivity index (χ2n) is 5.35. The number of ether oxygens (including phenoxy) is 3. The Morgan fingerprint density at radius 2 is 1.75 bits per heavy atom. The molecule has 0 atom stereocenters. The molecular formula is C18H17Br2ClN2O5. The number of hydrogen-bond acceptors (Lipinski definition) is 5. The Hall–Kier alpha value is -1.81. The lowest BCUT2D eigenvalue weighted by Gasteiger charge is -2.11. The number of halogens is 3. The van der Waals surface area contributed by atoms with Crippen molar-refractivity contribution in [1.82, 2.24) is 10.9 Å². The van der Waals surface area contributed by atoms with Crippen molar-refractivity contribution in [2.75, 3.05) is 26.9 Å². The second kappa shape index (κ2) is 11.3. The smallest absolute Gasteiger partial charge is 0.276 e. The van der Waals surface area contributed by atoms with E-state index in [1.54, 1.807) is 43.5 Å². The Morgan fingerprint density at radius 3 is 2.43 bits per heavy atom. The summed E-state index contributed by atoms with van der Waals surface area (Å²) in [4.78, 5) is 24.0. The predicted octanol–water partition coefficient (Wildman–Crippen LogP) is 3.73. The van der Waals surface area contributed by atoms with Gasteiger partial charge in [0.1, 0.15) is 18.1 Å². The maximum absolute atomic E-state index is 12.2. The van der Waals surface area contributed by atoms with E-state index in [1.807, 2.05) is 0 Å². The first-order valence-electron chi connectivity index (χ1n) is 7.99. The first-order chi connectivity index (χ1) is 13.4. The fourth-order valence-corrected chi connectivity index (χ4v) is 3.19. The van der Waals surface area contributed by atoms with Gasteiger partial charge in [-0.1, -0.05) is 27.5 Å². The third kappa shape index (κ3) is 6.97. The van der Waals surface area contributed by atoms with E-state index in [2.05, 4.69) is 42.7 Å². The van der Waals surface area contributed by atoms with Crippen LogP contribution in [0.5, 0.6) is 11.5 Å². The average Bonchev–Trinajstić information content (AvgIpc) is 2.66. The summed E-state index contributed by atoms with van der Waals surface area (Å²) in [6.45, 7) is 0.533. The van der Waals surface area contributed by atoms with Crippen molar-refractivity contribution in [3.63, 3.8) is 0 Å². The Morgan fingerprint density at radius 1 is 1.00 bits per heavy atom. The normalized spacial score (nSPS) is 10.3. The molecule has 0 heterocycles. The van der Waals surface area contributed by atoms with Gasteiger partial charge in [-0.3, -0.25) is 20.4 Å². The van der Waals surface area contributed by atoms with Gasteiger partial charge in [0.2, 0.25) is 0 Å². The molecule has 2 aromatic rings. The van der Waals surface area contributed by atoms with Crippen molar-refractivity contribution >= 4 is 55.3 Å². The highest BCUT2D eigenvalue weighted by molar-refractivity contribution is 9.10. The summed E-state index contributed by atoms with van der Waals surface area (Å²) in [6.07, 6.45) is 0. The predicted molar refractivity (Wildman–Crippen MR) is 112 cm³/mol. The van der Waals surface area contributed by atoms with Crippen LogP contribution in [0.3, 0.4) is 0 Å². The van der Waals surface area contributed by atoms with Gasteiger partial charge < -0.3 is 14.2 Å². The first kappa shape index (κ1) is 22.5. The van der Waals surface area contributed by atoms with Crippen molar-refractivity contribution in [2.24, 2.45) is 0 Å². The minimum Gasteiger partial charge on any atom is -0.490 e. The molecule has 0 aromatic heterocycles. The second-order valence-corrected chi connectivity index (χ2v) is 7.53. The largest absolute Gasteiger partial charge is 0.490 e. The zero-order valence-corrected chi connectivity index (χ0v) is 18.7. The van der Waals surface area contributed by atoms with E-state index in [0.717, 1.165) is 4.47 Å². The lowest BCUT2D eigenvalue weighted by atomic mass is 10.2. The molecule has 0 fully saturated rings. The zero-order chi connectivity index (χ0) is 20.5. The highest BCUT2D eigenvalue weighted by Gasteiger charge is 2.11. The standard InChI is InChI=1S/C18H17Br2ClN2O5/c1-26-6-7-27-15-4-2-11(8-13(15)20)18(25)23-22-17(24)10-28-16-5-3-12(19)9-14(16)21/h2-5,8-9H,6-7,10H2,1H3,(H,22,24)(H,23,25). The molecule has 2 rings (SSSR count). The van der Waals surface area contributed by atoms with Crippen molar-refractivity contribution in [3.05, 3.63) is 55.9 Å². The minimum atomic E-state index is -0.536. The monoisotopic (exact) mass is 534 g/mol. The number of benzene rings is 2. The summed E-state index contributed by atoms with van der Waals surface area (Å²) in [7, 11) is 1.58. The van der Waals surface area contributed by atoms with E-state index in [-0.39, 0.29) is 6.61 Å². The third-order valence-corrected chi connectivity index (χ3v) is 4.72. The number of hydrazine groups is 1. The van der Waals surface area contributed by atoms with Gasteiger partial charge in [-0.2, -0.15) is 0 Å². The van der Waals surface area contributed by atoms with E-state index in [1.165, 1.54) is 0 Å². The highest BCUT2D eigenvalue weighted by Crippen LogP contribution is 2.28. The Kier molecular flexibility index (Phi) is 9.04. The van der Waals surface area contributed by atoms with E-state index < -0.39 is 11.8 Å². The van der Waals surface area contributed by atoms with Crippen LogP contribution >= 0.6 is 43.5 Å². The van der Waals surface area contributed by atoms with Crippen molar-refractivity contribution in [2.45, 2.75) is 0 Å². The maximum Gasteiger partial charge on any atom is 0.276 e. The van der Waals surface area contributed by atoms with Gasteiger partial charge in [0, 0.05) is 17.1 Å². The van der Waals surface area contributed by atoms with Gasteiger partial charge in [0.25, 0.3) is 11.8 Å². The van der Waals surface area contributed by atoms with Crippen LogP contribution in [0.25, 0.3) is 0 Å². The van der Waals surface area contributed by atoms with Gasteiger partial charge in [-0.25, -0.2) is 0 Å². The van der Waals surface area contributed by atoms with Crippen LogP contribution < -0.4 is 20.3 Å². The van der Waals surface area contributed by atoms with Crippen LogP contribution in [0.2, 0.25) is 5.02 Å². The van der Waals surface area contributed by atoms with Gasteiger partial charge in [-0.15, -0.1) is 0 Å². The van der Waals surface area contributed by atoms with Gasteiger partial charge in [-0.05, 0) is 52.3 Å². The van der Waals surface area contributed by atoms with Crippen molar-refractivity contribution in [1.29, 1.82) is 0 Å². The van der Waals surface area contributed by atoms with Gasteiger partial charge in [0.05, 0.1) is 16.1 Å². The van der Waals surface area contributed by atoms with Crippen LogP contribution in [0, 0.1) is 0 Å². The van der Waals surface area contributed by atoms with Gasteiger partial charge >= 0.3 is 0 Å². The number of methoxy groups -OCH3 is 1. The molecule has 0 saturated carbocycles. The molecule has 150 valence electrons. The molecule has 0 unspecified atom stereocenters. The van der Waals surface area contributed by atoms with Crippen LogP contribution in [0.4, 0.5) is 0 Å². The van der Waals surface area contributed by atoms with Crippen molar-refractivity contribution < 1.29 is 23.8 Å². The molecule has 0 aliphatic carbocycles. The molecule has 10 heteroatoms. The van der Waals surface area contributed by atoms with Crippen LogP contribution in [-0.4, -0.2) is 38.7 Å². The molecule has 0 radical (unpaired) electrons. The molecule has 28 heavy (non-hydrogen) atoms. The summed E-state index contributed by atoms with van der Waals surface area (Å²) >= 11 is 12.6. The summed E-state index contributed by atoms with van der Waals surface area (Å²) in [6, 6.07) is 9.83. The van der Waals surface area contributed by atoms with Crippen LogP contribution in [0.15, 0.2) is 45.3 Å². The number of rotatable bonds is 8. The van der Waals surface area contributed by atoms with Gasteiger partial charge in [0.15, 0.2) is 6.61 Å². The molecular weight excluding hydrogens is 519 g/mol. The Bertz CT molecular complexity index is 851. The SMILES string of the molecule is COCCOc1ccc(C(=O)NNC(=O)COc2ccc(Br)cc2Cl)cc1Br. The number of amides is 2. The summed E-state index contributed by atoms with van der Waals surface area (Å²) in [5.74, 6) is -0.0816. The highest BCUT2D eigenvalue weighted by atomic mass is 79.9. The molecule has 0 aliphatic rings. The fraction of sp³-hybridized carbons (Fsp3) is 0.222. The average molecular weight is 537 g/mol. The topological polar surface area (TPSA) is 85.9 Å².